The number of benzene rings is 1. The normalized spacial score (nSPS) is 20.5. The molecule has 130 valence electrons. The molecule has 2 aliphatic heterocycles. The lowest BCUT2D eigenvalue weighted by atomic mass is 10.1. The van der Waals surface area contributed by atoms with Gasteiger partial charge in [0.1, 0.15) is 16.9 Å². The Morgan fingerprint density at radius 2 is 1.92 bits per heavy atom. The van der Waals surface area contributed by atoms with Gasteiger partial charge in [0.05, 0.1) is 25.5 Å². The summed E-state index contributed by atoms with van der Waals surface area (Å²) in [5, 5.41) is 2.60. The highest BCUT2D eigenvalue weighted by atomic mass is 32.2. The van der Waals surface area contributed by atoms with Crippen LogP contribution in [0.2, 0.25) is 0 Å². The minimum Gasteiger partial charge on any atom is -0.496 e. The lowest BCUT2D eigenvalue weighted by molar-refractivity contribution is -0.128. The van der Waals surface area contributed by atoms with Crippen LogP contribution in [0.1, 0.15) is 10.9 Å². The fourth-order valence-electron chi connectivity index (χ4n) is 3.01. The molecule has 1 atom stereocenters. The highest BCUT2D eigenvalue weighted by Crippen LogP contribution is 2.46. The van der Waals surface area contributed by atoms with Gasteiger partial charge in [-0.1, -0.05) is 6.07 Å². The van der Waals surface area contributed by atoms with Crippen molar-refractivity contribution in [3.8, 4) is 11.5 Å². The van der Waals surface area contributed by atoms with Gasteiger partial charge in [-0.05, 0) is 12.1 Å². The Kier molecular flexibility index (Phi) is 5.03. The van der Waals surface area contributed by atoms with E-state index in [2.05, 4.69) is 5.32 Å². The standard InChI is InChI=1S/C16H21N3O4S/c1-22-11-4-3-5-12(23-2)14(11)15-19(13(20)10-24-15)9-8-18-7-6-17-16(18)21/h3-5,15H,6-10H2,1-2H3,(H,17,21). The summed E-state index contributed by atoms with van der Waals surface area (Å²) in [7, 11) is 3.22. The van der Waals surface area contributed by atoms with Crippen LogP contribution in [0.5, 0.6) is 11.5 Å². The van der Waals surface area contributed by atoms with E-state index in [0.717, 1.165) is 5.56 Å². The number of thioether (sulfide) groups is 1. The van der Waals surface area contributed by atoms with Crippen molar-refractivity contribution in [2.45, 2.75) is 5.37 Å². The van der Waals surface area contributed by atoms with E-state index in [1.165, 1.54) is 0 Å². The number of methoxy groups -OCH3 is 2. The van der Waals surface area contributed by atoms with Gasteiger partial charge in [0, 0.05) is 26.2 Å². The first-order valence-electron chi connectivity index (χ1n) is 7.80. The Morgan fingerprint density at radius 3 is 2.50 bits per heavy atom. The van der Waals surface area contributed by atoms with E-state index in [1.807, 2.05) is 18.2 Å². The molecule has 8 heteroatoms. The second kappa shape index (κ2) is 7.21. The predicted octanol–water partition coefficient (Wildman–Crippen LogP) is 1.30. The van der Waals surface area contributed by atoms with E-state index in [-0.39, 0.29) is 17.3 Å². The van der Waals surface area contributed by atoms with Crippen LogP contribution in [0.3, 0.4) is 0 Å². The van der Waals surface area contributed by atoms with Crippen LogP contribution in [0.25, 0.3) is 0 Å². The van der Waals surface area contributed by atoms with Crippen molar-refractivity contribution in [1.29, 1.82) is 0 Å². The highest BCUT2D eigenvalue weighted by molar-refractivity contribution is 8.00. The summed E-state index contributed by atoms with van der Waals surface area (Å²) in [4.78, 5) is 27.6. The van der Waals surface area contributed by atoms with Gasteiger partial charge >= 0.3 is 6.03 Å². The molecule has 0 saturated carbocycles. The van der Waals surface area contributed by atoms with Gasteiger partial charge < -0.3 is 24.6 Å². The first kappa shape index (κ1) is 16.8. The maximum absolute atomic E-state index is 12.3. The average molecular weight is 351 g/mol. The molecule has 3 amide bonds. The third kappa shape index (κ3) is 3.10. The van der Waals surface area contributed by atoms with Crippen LogP contribution in [-0.4, -0.2) is 67.9 Å². The molecule has 2 aliphatic rings. The first-order chi connectivity index (χ1) is 11.7. The summed E-state index contributed by atoms with van der Waals surface area (Å²) in [6, 6.07) is 5.53. The van der Waals surface area contributed by atoms with E-state index in [1.54, 1.807) is 35.8 Å². The second-order valence-corrected chi connectivity index (χ2v) is 6.61. The zero-order valence-corrected chi connectivity index (χ0v) is 14.6. The quantitative estimate of drug-likeness (QED) is 0.837. The maximum atomic E-state index is 12.3. The minimum absolute atomic E-state index is 0.0672. The van der Waals surface area contributed by atoms with E-state index in [0.29, 0.717) is 43.4 Å². The van der Waals surface area contributed by atoms with Crippen molar-refractivity contribution in [2.75, 3.05) is 46.2 Å². The fourth-order valence-corrected chi connectivity index (χ4v) is 4.28. The van der Waals surface area contributed by atoms with Crippen molar-refractivity contribution in [3.63, 3.8) is 0 Å². The van der Waals surface area contributed by atoms with E-state index in [9.17, 15) is 9.59 Å². The third-order valence-corrected chi connectivity index (χ3v) is 5.46. The monoisotopic (exact) mass is 351 g/mol. The second-order valence-electron chi connectivity index (χ2n) is 5.55. The Morgan fingerprint density at radius 1 is 1.21 bits per heavy atom. The van der Waals surface area contributed by atoms with Gasteiger partial charge in [-0.25, -0.2) is 4.79 Å². The number of amides is 3. The molecule has 0 bridgehead atoms. The molecule has 7 nitrogen and oxygen atoms in total. The van der Waals surface area contributed by atoms with Crippen molar-refractivity contribution in [1.82, 2.24) is 15.1 Å². The number of carbonyl (C=O) groups is 2. The van der Waals surface area contributed by atoms with Crippen LogP contribution in [0.4, 0.5) is 4.79 Å². The van der Waals surface area contributed by atoms with Crippen LogP contribution >= 0.6 is 11.8 Å². The summed E-state index contributed by atoms with van der Waals surface area (Å²) in [6.45, 7) is 2.35. The summed E-state index contributed by atoms with van der Waals surface area (Å²) in [6.07, 6.45) is 0. The topological polar surface area (TPSA) is 71.1 Å². The number of nitrogens with zero attached hydrogens (tertiary/aromatic N) is 2. The molecule has 1 aromatic carbocycles. The van der Waals surface area contributed by atoms with E-state index < -0.39 is 0 Å². The fraction of sp³-hybridized carbons (Fsp3) is 0.500. The number of rotatable bonds is 6. The van der Waals surface area contributed by atoms with Gasteiger partial charge in [-0.15, -0.1) is 11.8 Å². The number of carbonyl (C=O) groups excluding carboxylic acids is 2. The zero-order valence-electron chi connectivity index (χ0n) is 13.8. The zero-order chi connectivity index (χ0) is 17.1. The Labute approximate surface area is 145 Å². The maximum Gasteiger partial charge on any atom is 0.317 e. The van der Waals surface area contributed by atoms with Crippen LogP contribution in [0.15, 0.2) is 18.2 Å². The van der Waals surface area contributed by atoms with Gasteiger partial charge in [0.2, 0.25) is 5.91 Å². The van der Waals surface area contributed by atoms with Crippen molar-refractivity contribution >= 4 is 23.7 Å². The minimum atomic E-state index is -0.172. The van der Waals surface area contributed by atoms with Gasteiger partial charge in [0.15, 0.2) is 0 Å². The molecule has 0 spiro atoms. The summed E-state index contributed by atoms with van der Waals surface area (Å²) < 4.78 is 10.9. The Balaban J connectivity index is 1.81. The molecule has 1 unspecified atom stereocenters. The summed E-state index contributed by atoms with van der Waals surface area (Å²) >= 11 is 1.55. The van der Waals surface area contributed by atoms with Crippen molar-refractivity contribution in [2.24, 2.45) is 0 Å². The molecule has 2 fully saturated rings. The van der Waals surface area contributed by atoms with Crippen LogP contribution in [0, 0.1) is 0 Å². The van der Waals surface area contributed by atoms with Crippen LogP contribution < -0.4 is 14.8 Å². The predicted molar refractivity (Wildman–Crippen MR) is 91.4 cm³/mol. The molecular formula is C16H21N3O4S. The molecule has 24 heavy (non-hydrogen) atoms. The Hall–Kier alpha value is -2.09. The smallest absolute Gasteiger partial charge is 0.317 e. The first-order valence-corrected chi connectivity index (χ1v) is 8.85. The highest BCUT2D eigenvalue weighted by Gasteiger charge is 2.37. The van der Waals surface area contributed by atoms with Crippen LogP contribution in [-0.2, 0) is 4.79 Å². The summed E-state index contributed by atoms with van der Waals surface area (Å²) in [5.74, 6) is 1.88. The van der Waals surface area contributed by atoms with Gasteiger partial charge in [-0.2, -0.15) is 0 Å². The Bertz CT molecular complexity index is 617. The number of hydrogen-bond acceptors (Lipinski definition) is 5. The molecule has 1 N–H and O–H groups in total. The van der Waals surface area contributed by atoms with Gasteiger partial charge in [-0.3, -0.25) is 4.79 Å². The molecule has 1 aromatic rings. The third-order valence-electron chi connectivity index (χ3n) is 4.24. The van der Waals surface area contributed by atoms with E-state index >= 15 is 0 Å². The lowest BCUT2D eigenvalue weighted by Crippen LogP contribution is -2.38. The molecular weight excluding hydrogens is 330 g/mol. The van der Waals surface area contributed by atoms with Crippen molar-refractivity contribution < 1.29 is 19.1 Å². The van der Waals surface area contributed by atoms with E-state index in [4.69, 9.17) is 9.47 Å². The molecule has 0 aromatic heterocycles. The number of urea groups is 1. The van der Waals surface area contributed by atoms with Gasteiger partial charge in [0.25, 0.3) is 0 Å². The number of nitrogens with one attached hydrogen (secondary N) is 1. The number of ether oxygens (including phenoxy) is 2. The average Bonchev–Trinajstić information content (AvgIpc) is 3.17. The molecule has 0 aliphatic carbocycles. The molecule has 3 rings (SSSR count). The molecule has 0 radical (unpaired) electrons. The largest absolute Gasteiger partial charge is 0.496 e. The summed E-state index contributed by atoms with van der Waals surface area (Å²) in [5.41, 5.74) is 0.865. The number of hydrogen-bond donors (Lipinski definition) is 1. The molecule has 2 heterocycles. The molecule has 2 saturated heterocycles. The van der Waals surface area contributed by atoms with Crippen molar-refractivity contribution in [3.05, 3.63) is 23.8 Å². The SMILES string of the molecule is COc1cccc(OC)c1C1SCC(=O)N1CCN1CCNC1=O. The lowest BCUT2D eigenvalue weighted by Gasteiger charge is -2.28.